The number of fused-ring (bicyclic) bond motifs is 1. The van der Waals surface area contributed by atoms with Crippen LogP contribution in [0.4, 0.5) is 5.82 Å². The van der Waals surface area contributed by atoms with E-state index in [1.165, 1.54) is 6.39 Å². The summed E-state index contributed by atoms with van der Waals surface area (Å²) in [6.07, 6.45) is 4.89. The van der Waals surface area contributed by atoms with E-state index in [1.54, 1.807) is 12.6 Å². The van der Waals surface area contributed by atoms with Crippen LogP contribution < -0.4 is 4.90 Å². The van der Waals surface area contributed by atoms with E-state index < -0.39 is 0 Å². The van der Waals surface area contributed by atoms with Crippen LogP contribution in [-0.2, 0) is 6.54 Å². The molecule has 0 N–H and O–H groups in total. The normalized spacial score (nSPS) is 22.5. The molecule has 0 saturated carbocycles. The Hall–Kier alpha value is -2.74. The maximum atomic E-state index is 5.08. The fraction of sp³-hybridized carbons (Fsp3) is 0.474. The molecular weight excluding hydrogens is 342 g/mol. The zero-order chi connectivity index (χ0) is 18.4. The van der Waals surface area contributed by atoms with Gasteiger partial charge in [0.15, 0.2) is 12.2 Å². The van der Waals surface area contributed by atoms with Crippen LogP contribution in [0.15, 0.2) is 35.5 Å². The third-order valence-electron chi connectivity index (χ3n) is 5.62. The van der Waals surface area contributed by atoms with Crippen LogP contribution >= 0.6 is 0 Å². The van der Waals surface area contributed by atoms with Gasteiger partial charge in [-0.1, -0.05) is 0 Å². The van der Waals surface area contributed by atoms with Crippen molar-refractivity contribution < 1.29 is 4.42 Å². The fourth-order valence-corrected chi connectivity index (χ4v) is 4.44. The zero-order valence-corrected chi connectivity index (χ0v) is 15.6. The van der Waals surface area contributed by atoms with Gasteiger partial charge in [0.05, 0.1) is 11.4 Å². The average Bonchev–Trinajstić information content (AvgIpc) is 3.40. The van der Waals surface area contributed by atoms with Gasteiger partial charge in [0, 0.05) is 44.5 Å². The third-order valence-corrected chi connectivity index (χ3v) is 5.62. The fourth-order valence-electron chi connectivity index (χ4n) is 4.44. The van der Waals surface area contributed by atoms with Gasteiger partial charge in [0.1, 0.15) is 18.4 Å². The Morgan fingerprint density at radius 1 is 1.00 bits per heavy atom. The van der Waals surface area contributed by atoms with Gasteiger partial charge < -0.3 is 9.32 Å². The maximum absolute atomic E-state index is 5.08. The summed E-state index contributed by atoms with van der Waals surface area (Å²) in [5, 5.41) is 4.54. The van der Waals surface area contributed by atoms with Crippen molar-refractivity contribution in [3.8, 4) is 5.82 Å². The highest BCUT2D eigenvalue weighted by Gasteiger charge is 2.40. The molecule has 2 fully saturated rings. The van der Waals surface area contributed by atoms with Crippen molar-refractivity contribution in [2.45, 2.75) is 20.4 Å². The van der Waals surface area contributed by atoms with Crippen molar-refractivity contribution in [2.24, 2.45) is 11.8 Å². The lowest BCUT2D eigenvalue weighted by Crippen LogP contribution is -2.29. The van der Waals surface area contributed by atoms with Gasteiger partial charge in [-0.05, 0) is 31.7 Å². The Morgan fingerprint density at radius 2 is 1.78 bits per heavy atom. The van der Waals surface area contributed by atoms with Gasteiger partial charge >= 0.3 is 0 Å². The van der Waals surface area contributed by atoms with Crippen LogP contribution in [-0.4, -0.2) is 55.8 Å². The van der Waals surface area contributed by atoms with Crippen molar-refractivity contribution in [3.63, 3.8) is 0 Å². The van der Waals surface area contributed by atoms with Crippen LogP contribution in [0.3, 0.4) is 0 Å². The number of hydrogen-bond acceptors (Lipinski definition) is 7. The molecule has 5 rings (SSSR count). The van der Waals surface area contributed by atoms with Gasteiger partial charge in [-0.15, -0.1) is 0 Å². The van der Waals surface area contributed by atoms with Crippen molar-refractivity contribution in [1.29, 1.82) is 0 Å². The molecule has 2 saturated heterocycles. The first-order valence-electron chi connectivity index (χ1n) is 9.36. The SMILES string of the molecule is Cc1cc(C)n(-c2cc(N3CC4CN(Cc5cocn5)CC4C3)ncn2)n1. The predicted molar refractivity (Wildman–Crippen MR) is 99.6 cm³/mol. The maximum Gasteiger partial charge on any atom is 0.180 e. The van der Waals surface area contributed by atoms with E-state index in [4.69, 9.17) is 4.42 Å². The summed E-state index contributed by atoms with van der Waals surface area (Å²) in [6.45, 7) is 9.19. The Kier molecular flexibility index (Phi) is 3.93. The van der Waals surface area contributed by atoms with Crippen molar-refractivity contribution >= 4 is 5.82 Å². The average molecular weight is 365 g/mol. The highest BCUT2D eigenvalue weighted by molar-refractivity contribution is 5.45. The van der Waals surface area contributed by atoms with E-state index in [0.29, 0.717) is 11.8 Å². The van der Waals surface area contributed by atoms with Gasteiger partial charge in [-0.2, -0.15) is 5.10 Å². The molecule has 2 aliphatic rings. The second-order valence-corrected chi connectivity index (χ2v) is 7.67. The lowest BCUT2D eigenvalue weighted by molar-refractivity contribution is 0.305. The monoisotopic (exact) mass is 365 g/mol. The number of hydrogen-bond donors (Lipinski definition) is 0. The summed E-state index contributed by atoms with van der Waals surface area (Å²) in [7, 11) is 0. The van der Waals surface area contributed by atoms with Gasteiger partial charge in [-0.25, -0.2) is 19.6 Å². The molecule has 0 bridgehead atoms. The van der Waals surface area contributed by atoms with Crippen molar-refractivity contribution in [3.05, 3.63) is 48.2 Å². The van der Waals surface area contributed by atoms with Crippen LogP contribution in [0.25, 0.3) is 5.82 Å². The topological polar surface area (TPSA) is 76.1 Å². The Morgan fingerprint density at radius 3 is 2.44 bits per heavy atom. The first-order chi connectivity index (χ1) is 13.2. The lowest BCUT2D eigenvalue weighted by Gasteiger charge is -2.22. The molecule has 2 unspecified atom stereocenters. The molecule has 8 nitrogen and oxygen atoms in total. The summed E-state index contributed by atoms with van der Waals surface area (Å²) < 4.78 is 6.97. The van der Waals surface area contributed by atoms with Crippen LogP contribution in [0.1, 0.15) is 17.1 Å². The van der Waals surface area contributed by atoms with Gasteiger partial charge in [0.25, 0.3) is 0 Å². The largest absolute Gasteiger partial charge is 0.451 e. The van der Waals surface area contributed by atoms with Crippen LogP contribution in [0.2, 0.25) is 0 Å². The quantitative estimate of drug-likeness (QED) is 0.698. The summed E-state index contributed by atoms with van der Waals surface area (Å²) in [4.78, 5) is 18.1. The minimum Gasteiger partial charge on any atom is -0.451 e. The molecule has 2 atom stereocenters. The first kappa shape index (κ1) is 16.4. The molecule has 0 spiro atoms. The number of anilines is 1. The number of oxazole rings is 1. The molecule has 5 heterocycles. The molecule has 0 aliphatic carbocycles. The number of aromatic nitrogens is 5. The molecular formula is C19H23N7O. The van der Waals surface area contributed by atoms with E-state index >= 15 is 0 Å². The Balaban J connectivity index is 1.28. The molecule has 0 radical (unpaired) electrons. The third kappa shape index (κ3) is 3.10. The molecule has 3 aromatic rings. The summed E-state index contributed by atoms with van der Waals surface area (Å²) in [5.41, 5.74) is 3.09. The van der Waals surface area contributed by atoms with E-state index in [0.717, 1.165) is 61.4 Å². The van der Waals surface area contributed by atoms with Crippen LogP contribution in [0.5, 0.6) is 0 Å². The van der Waals surface area contributed by atoms with E-state index in [2.05, 4.69) is 35.9 Å². The lowest BCUT2D eigenvalue weighted by atomic mass is 10.0. The number of nitrogens with zero attached hydrogens (tertiary/aromatic N) is 7. The van der Waals surface area contributed by atoms with E-state index in [1.807, 2.05) is 24.6 Å². The van der Waals surface area contributed by atoms with E-state index in [9.17, 15) is 0 Å². The highest BCUT2D eigenvalue weighted by atomic mass is 16.3. The molecule has 3 aromatic heterocycles. The molecule has 27 heavy (non-hydrogen) atoms. The minimum absolute atomic E-state index is 0.670. The minimum atomic E-state index is 0.670. The molecule has 0 amide bonds. The van der Waals surface area contributed by atoms with E-state index in [-0.39, 0.29) is 0 Å². The number of aryl methyl sites for hydroxylation is 2. The van der Waals surface area contributed by atoms with Crippen LogP contribution in [0, 0.1) is 25.7 Å². The molecule has 2 aliphatic heterocycles. The molecule has 140 valence electrons. The Labute approximate surface area is 157 Å². The first-order valence-corrected chi connectivity index (χ1v) is 9.36. The molecule has 8 heteroatoms. The van der Waals surface area contributed by atoms with Crippen molar-refractivity contribution in [1.82, 2.24) is 29.6 Å². The van der Waals surface area contributed by atoms with Gasteiger partial charge in [-0.3, -0.25) is 4.90 Å². The Bertz CT molecular complexity index is 921. The smallest absolute Gasteiger partial charge is 0.180 e. The second-order valence-electron chi connectivity index (χ2n) is 7.67. The van der Waals surface area contributed by atoms with Gasteiger partial charge in [0.2, 0.25) is 0 Å². The summed E-state index contributed by atoms with van der Waals surface area (Å²) in [6, 6.07) is 4.11. The summed E-state index contributed by atoms with van der Waals surface area (Å²) in [5.74, 6) is 3.16. The zero-order valence-electron chi connectivity index (χ0n) is 15.6. The molecule has 0 aromatic carbocycles. The number of rotatable bonds is 4. The highest BCUT2D eigenvalue weighted by Crippen LogP contribution is 2.34. The second kappa shape index (κ2) is 6.45. The van der Waals surface area contributed by atoms with Crippen molar-refractivity contribution in [2.75, 3.05) is 31.1 Å². The predicted octanol–water partition coefficient (Wildman–Crippen LogP) is 1.84. The summed E-state index contributed by atoms with van der Waals surface area (Å²) >= 11 is 0. The number of likely N-dealkylation sites (tertiary alicyclic amines) is 1. The standard InChI is InChI=1S/C19H23N7O/c1-13-3-14(2)26(23-13)19-4-18(20-11-21-19)25-7-15-5-24(6-16(15)8-25)9-17-10-27-12-22-17/h3-4,10-12,15-16H,5-9H2,1-2H3.